The second-order valence-electron chi connectivity index (χ2n) is 4.79. The lowest BCUT2D eigenvalue weighted by molar-refractivity contribution is -0.149. The first-order valence-electron chi connectivity index (χ1n) is 7.21. The van der Waals surface area contributed by atoms with E-state index in [-0.39, 0.29) is 19.8 Å². The van der Waals surface area contributed by atoms with Crippen molar-refractivity contribution in [2.75, 3.05) is 13.2 Å². The highest BCUT2D eigenvalue weighted by atomic mass is 32.1. The molecule has 120 valence electrons. The number of hydrogen-bond donors (Lipinski definition) is 0. The van der Waals surface area contributed by atoms with Gasteiger partial charge >= 0.3 is 5.97 Å². The Labute approximate surface area is 141 Å². The van der Waals surface area contributed by atoms with Gasteiger partial charge in [-0.1, -0.05) is 60.7 Å². The van der Waals surface area contributed by atoms with Crippen molar-refractivity contribution in [2.24, 2.45) is 0 Å². The summed E-state index contributed by atoms with van der Waals surface area (Å²) in [7, 11) is 0. The molecule has 0 aliphatic heterocycles. The summed E-state index contributed by atoms with van der Waals surface area (Å²) < 4.78 is 15.7. The zero-order valence-electron chi connectivity index (χ0n) is 12.6. The smallest absolute Gasteiger partial charge is 0.332 e. The van der Waals surface area contributed by atoms with Crippen LogP contribution in [0.1, 0.15) is 11.1 Å². The minimum atomic E-state index is -0.431. The summed E-state index contributed by atoms with van der Waals surface area (Å²) in [5.74, 6) is -0.431. The number of carbonyl (C=O) groups excluding carboxylic acids is 1. The van der Waals surface area contributed by atoms with Crippen LogP contribution in [0.2, 0.25) is 0 Å². The normalized spacial score (nSPS) is 10.1. The van der Waals surface area contributed by atoms with Crippen LogP contribution >= 0.6 is 12.2 Å². The van der Waals surface area contributed by atoms with E-state index in [9.17, 15) is 4.79 Å². The summed E-state index contributed by atoms with van der Waals surface area (Å²) >= 11 is 5.05. The Bertz CT molecular complexity index is 558. The number of benzene rings is 2. The number of rotatable bonds is 8. The topological polar surface area (TPSA) is 44.8 Å². The van der Waals surface area contributed by atoms with Crippen molar-refractivity contribution in [3.05, 3.63) is 71.8 Å². The summed E-state index contributed by atoms with van der Waals surface area (Å²) in [5.41, 5.74) is 1.96. The third-order valence-electron chi connectivity index (χ3n) is 2.93. The van der Waals surface area contributed by atoms with Crippen LogP contribution in [-0.2, 0) is 32.2 Å². The summed E-state index contributed by atoms with van der Waals surface area (Å²) in [6, 6.07) is 19.2. The number of ether oxygens (including phenoxy) is 3. The molecule has 23 heavy (non-hydrogen) atoms. The van der Waals surface area contributed by atoms with Crippen LogP contribution in [0.4, 0.5) is 0 Å². The molecule has 2 aromatic carbocycles. The number of carbonyl (C=O) groups is 1. The van der Waals surface area contributed by atoms with Crippen molar-refractivity contribution in [3.63, 3.8) is 0 Å². The van der Waals surface area contributed by atoms with Crippen LogP contribution in [0.3, 0.4) is 0 Å². The van der Waals surface area contributed by atoms with Crippen LogP contribution in [-0.4, -0.2) is 24.2 Å². The van der Waals surface area contributed by atoms with Crippen molar-refractivity contribution in [1.82, 2.24) is 0 Å². The number of esters is 1. The molecule has 0 aliphatic carbocycles. The fourth-order valence-corrected chi connectivity index (χ4v) is 1.92. The number of hydrogen-bond acceptors (Lipinski definition) is 5. The highest BCUT2D eigenvalue weighted by Gasteiger charge is 2.06. The van der Waals surface area contributed by atoms with Crippen molar-refractivity contribution in [2.45, 2.75) is 13.2 Å². The molecule has 0 fully saturated rings. The van der Waals surface area contributed by atoms with Gasteiger partial charge in [0.15, 0.2) is 5.05 Å². The fourth-order valence-electron chi connectivity index (χ4n) is 1.78. The number of thiocarbonyl (C=S) groups is 1. The fraction of sp³-hybridized carbons (Fsp3) is 0.222. The van der Waals surface area contributed by atoms with E-state index in [1.807, 2.05) is 60.7 Å². The van der Waals surface area contributed by atoms with Gasteiger partial charge in [0.05, 0.1) is 0 Å². The quantitative estimate of drug-likeness (QED) is 0.549. The van der Waals surface area contributed by atoms with Crippen molar-refractivity contribution < 1.29 is 19.0 Å². The van der Waals surface area contributed by atoms with E-state index in [2.05, 4.69) is 0 Å². The van der Waals surface area contributed by atoms with Gasteiger partial charge in [-0.05, 0) is 23.3 Å². The molecule has 0 aromatic heterocycles. The monoisotopic (exact) mass is 330 g/mol. The third-order valence-corrected chi connectivity index (χ3v) is 3.16. The molecule has 0 amide bonds. The Balaban J connectivity index is 1.57. The molecule has 0 N–H and O–H groups in total. The summed E-state index contributed by atoms with van der Waals surface area (Å²) in [5, 5.41) is 0.310. The second kappa shape index (κ2) is 9.71. The molecule has 4 nitrogen and oxygen atoms in total. The molecule has 0 radical (unpaired) electrons. The maximum absolute atomic E-state index is 11.5. The predicted octanol–water partition coefficient (Wildman–Crippen LogP) is 3.29. The van der Waals surface area contributed by atoms with E-state index in [1.54, 1.807) is 0 Å². The van der Waals surface area contributed by atoms with Crippen molar-refractivity contribution >= 4 is 23.2 Å². The van der Waals surface area contributed by atoms with Gasteiger partial charge in [0.2, 0.25) is 0 Å². The van der Waals surface area contributed by atoms with Gasteiger partial charge < -0.3 is 14.2 Å². The molecule has 2 rings (SSSR count). The Morgan fingerprint density at radius 3 is 1.87 bits per heavy atom. The highest BCUT2D eigenvalue weighted by Crippen LogP contribution is 2.02. The molecule has 2 aromatic rings. The van der Waals surface area contributed by atoms with E-state index in [0.29, 0.717) is 11.7 Å². The summed E-state index contributed by atoms with van der Waals surface area (Å²) in [4.78, 5) is 11.5. The first-order chi connectivity index (χ1) is 11.2. The lowest BCUT2D eigenvalue weighted by Crippen LogP contribution is -2.17. The van der Waals surface area contributed by atoms with E-state index >= 15 is 0 Å². The van der Waals surface area contributed by atoms with Crippen LogP contribution in [0.5, 0.6) is 0 Å². The first-order valence-corrected chi connectivity index (χ1v) is 7.62. The Kier molecular flexibility index (Phi) is 7.23. The Hall–Kier alpha value is -2.24. The molecular weight excluding hydrogens is 312 g/mol. The molecule has 0 saturated carbocycles. The van der Waals surface area contributed by atoms with E-state index in [1.165, 1.54) is 0 Å². The average molecular weight is 330 g/mol. The van der Waals surface area contributed by atoms with Gasteiger partial charge in [-0.25, -0.2) is 4.79 Å². The van der Waals surface area contributed by atoms with Crippen LogP contribution in [0.25, 0.3) is 0 Å². The molecule has 0 aliphatic rings. The Morgan fingerprint density at radius 1 is 0.783 bits per heavy atom. The third kappa shape index (κ3) is 7.04. The Morgan fingerprint density at radius 2 is 1.30 bits per heavy atom. The summed E-state index contributed by atoms with van der Waals surface area (Å²) in [6.07, 6.45) is 0. The van der Waals surface area contributed by atoms with Crippen LogP contribution in [0.15, 0.2) is 60.7 Å². The molecule has 0 saturated heterocycles. The molecule has 0 bridgehead atoms. The molecule has 0 unspecified atom stereocenters. The zero-order valence-corrected chi connectivity index (χ0v) is 13.5. The van der Waals surface area contributed by atoms with Crippen molar-refractivity contribution in [3.8, 4) is 0 Å². The van der Waals surface area contributed by atoms with Gasteiger partial charge in [-0.3, -0.25) is 0 Å². The minimum absolute atomic E-state index is 0.0859. The molecule has 5 heteroatoms. The largest absolute Gasteiger partial charge is 0.480 e. The van der Waals surface area contributed by atoms with E-state index in [0.717, 1.165) is 11.1 Å². The van der Waals surface area contributed by atoms with Crippen LogP contribution < -0.4 is 0 Å². The van der Waals surface area contributed by atoms with E-state index < -0.39 is 5.97 Å². The average Bonchev–Trinajstić information content (AvgIpc) is 2.60. The molecule has 0 spiro atoms. The SMILES string of the molecule is O=C(COCC(=S)OCc1ccccc1)OCc1ccccc1. The standard InChI is InChI=1S/C18H18O4S/c19-17(21-11-15-7-3-1-4-8-15)13-20-14-18(23)22-12-16-9-5-2-6-10-16/h1-10H,11-14H2. The van der Waals surface area contributed by atoms with Gasteiger partial charge in [-0.15, -0.1) is 0 Å². The summed E-state index contributed by atoms with van der Waals surface area (Å²) in [6.45, 7) is 0.559. The maximum atomic E-state index is 11.5. The van der Waals surface area contributed by atoms with Crippen molar-refractivity contribution in [1.29, 1.82) is 0 Å². The lowest BCUT2D eigenvalue weighted by Gasteiger charge is -2.08. The van der Waals surface area contributed by atoms with Gasteiger partial charge in [0.25, 0.3) is 0 Å². The minimum Gasteiger partial charge on any atom is -0.480 e. The molecular formula is C18H18O4S. The second-order valence-corrected chi connectivity index (χ2v) is 5.24. The van der Waals surface area contributed by atoms with Gasteiger partial charge in [-0.2, -0.15) is 0 Å². The van der Waals surface area contributed by atoms with E-state index in [4.69, 9.17) is 26.4 Å². The predicted molar refractivity (Wildman–Crippen MR) is 90.9 cm³/mol. The maximum Gasteiger partial charge on any atom is 0.332 e. The molecule has 0 atom stereocenters. The zero-order chi connectivity index (χ0) is 16.3. The van der Waals surface area contributed by atoms with Gasteiger partial charge in [0, 0.05) is 0 Å². The molecule has 0 heterocycles. The first kappa shape index (κ1) is 17.1. The van der Waals surface area contributed by atoms with Gasteiger partial charge in [0.1, 0.15) is 26.4 Å². The lowest BCUT2D eigenvalue weighted by atomic mass is 10.2. The highest BCUT2D eigenvalue weighted by molar-refractivity contribution is 7.80. The van der Waals surface area contributed by atoms with Crippen LogP contribution in [0, 0.1) is 0 Å².